The molecule has 0 amide bonds. The van der Waals surface area contributed by atoms with Crippen LogP contribution >= 0.6 is 11.8 Å². The van der Waals surface area contributed by atoms with Crippen molar-refractivity contribution in [3.63, 3.8) is 0 Å². The molecule has 1 heterocycles. The summed E-state index contributed by atoms with van der Waals surface area (Å²) in [5.41, 5.74) is 2.82. The van der Waals surface area contributed by atoms with Crippen LogP contribution in [-0.2, 0) is 13.1 Å². The van der Waals surface area contributed by atoms with E-state index in [0.717, 1.165) is 18.3 Å². The highest BCUT2D eigenvalue weighted by atomic mass is 32.2. The fourth-order valence-electron chi connectivity index (χ4n) is 2.51. The Morgan fingerprint density at radius 1 is 1.25 bits per heavy atom. The molecule has 1 unspecified atom stereocenters. The van der Waals surface area contributed by atoms with Gasteiger partial charge < -0.3 is 5.32 Å². The Labute approximate surface area is 128 Å². The van der Waals surface area contributed by atoms with Gasteiger partial charge in [-0.2, -0.15) is 11.8 Å². The highest BCUT2D eigenvalue weighted by Gasteiger charge is 2.18. The molecule has 1 aliphatic heterocycles. The second kappa shape index (κ2) is 8.06. The Kier molecular flexibility index (Phi) is 6.40. The van der Waals surface area contributed by atoms with Crippen LogP contribution in [0.3, 0.4) is 0 Å². The third-order valence-electron chi connectivity index (χ3n) is 3.82. The molecule has 0 aliphatic carbocycles. The Morgan fingerprint density at radius 3 is 2.60 bits per heavy atom. The largest absolute Gasteiger partial charge is 0.310 e. The molecule has 1 N–H and O–H groups in total. The van der Waals surface area contributed by atoms with Crippen LogP contribution in [0.5, 0.6) is 0 Å². The average Bonchev–Trinajstić information content (AvgIpc) is 2.47. The van der Waals surface area contributed by atoms with E-state index in [-0.39, 0.29) is 0 Å². The van der Waals surface area contributed by atoms with Crippen molar-refractivity contribution in [1.29, 1.82) is 0 Å². The third-order valence-corrected chi connectivity index (χ3v) is 5.19. The maximum absolute atomic E-state index is 3.46. The molecule has 0 bridgehead atoms. The van der Waals surface area contributed by atoms with Gasteiger partial charge in [-0.25, -0.2) is 0 Å². The van der Waals surface area contributed by atoms with Gasteiger partial charge in [0.15, 0.2) is 0 Å². The molecular weight excluding hydrogens is 264 g/mol. The number of nitrogens with zero attached hydrogens (tertiary/aromatic N) is 1. The van der Waals surface area contributed by atoms with E-state index in [1.165, 1.54) is 36.4 Å². The fourth-order valence-corrected chi connectivity index (χ4v) is 3.76. The number of rotatable bonds is 6. The highest BCUT2D eigenvalue weighted by molar-refractivity contribution is 8.00. The predicted molar refractivity (Wildman–Crippen MR) is 90.2 cm³/mol. The Bertz CT molecular complexity index is 388. The minimum absolute atomic E-state index is 0.548. The first-order chi connectivity index (χ1) is 9.67. The van der Waals surface area contributed by atoms with Crippen molar-refractivity contribution in [3.05, 3.63) is 35.4 Å². The summed E-state index contributed by atoms with van der Waals surface area (Å²) in [7, 11) is 0. The maximum Gasteiger partial charge on any atom is 0.0234 e. The average molecular weight is 292 g/mol. The van der Waals surface area contributed by atoms with E-state index >= 15 is 0 Å². The first-order valence-corrected chi connectivity index (χ1v) is 8.87. The van der Waals surface area contributed by atoms with Crippen molar-refractivity contribution in [3.8, 4) is 0 Å². The van der Waals surface area contributed by atoms with E-state index in [4.69, 9.17) is 0 Å². The zero-order valence-electron chi connectivity index (χ0n) is 13.1. The van der Waals surface area contributed by atoms with Crippen LogP contribution in [-0.4, -0.2) is 35.0 Å². The van der Waals surface area contributed by atoms with Crippen LogP contribution < -0.4 is 5.32 Å². The van der Waals surface area contributed by atoms with Crippen molar-refractivity contribution >= 4 is 11.8 Å². The SMILES string of the molecule is CCC1CN(Cc2ccc(CNC(C)C)cc2)CCS1. The lowest BCUT2D eigenvalue weighted by molar-refractivity contribution is 0.273. The lowest BCUT2D eigenvalue weighted by Crippen LogP contribution is -2.37. The molecule has 1 atom stereocenters. The molecule has 20 heavy (non-hydrogen) atoms. The minimum Gasteiger partial charge on any atom is -0.310 e. The van der Waals surface area contributed by atoms with Crippen LogP contribution in [0.2, 0.25) is 0 Å². The lowest BCUT2D eigenvalue weighted by Gasteiger charge is -2.31. The highest BCUT2D eigenvalue weighted by Crippen LogP contribution is 2.22. The zero-order chi connectivity index (χ0) is 14.4. The molecule has 1 aliphatic rings. The summed E-state index contributed by atoms with van der Waals surface area (Å²) < 4.78 is 0. The van der Waals surface area contributed by atoms with Crippen molar-refractivity contribution in [2.24, 2.45) is 0 Å². The van der Waals surface area contributed by atoms with Crippen LogP contribution in [0, 0.1) is 0 Å². The van der Waals surface area contributed by atoms with Gasteiger partial charge in [-0.1, -0.05) is 45.0 Å². The van der Waals surface area contributed by atoms with Gasteiger partial charge in [0.05, 0.1) is 0 Å². The van der Waals surface area contributed by atoms with E-state index in [9.17, 15) is 0 Å². The van der Waals surface area contributed by atoms with E-state index in [1.54, 1.807) is 0 Å². The van der Waals surface area contributed by atoms with Crippen molar-refractivity contribution in [2.75, 3.05) is 18.8 Å². The fraction of sp³-hybridized carbons (Fsp3) is 0.647. The molecule has 0 radical (unpaired) electrons. The minimum atomic E-state index is 0.548. The summed E-state index contributed by atoms with van der Waals surface area (Å²) in [4.78, 5) is 2.60. The van der Waals surface area contributed by atoms with Gasteiger partial charge in [-0.15, -0.1) is 0 Å². The quantitative estimate of drug-likeness (QED) is 0.864. The number of benzene rings is 1. The normalized spacial score (nSPS) is 20.5. The Balaban J connectivity index is 1.83. The summed E-state index contributed by atoms with van der Waals surface area (Å²) in [6.07, 6.45) is 1.29. The predicted octanol–water partition coefficient (Wildman–Crippen LogP) is 3.51. The van der Waals surface area contributed by atoms with Gasteiger partial charge >= 0.3 is 0 Å². The molecule has 112 valence electrons. The van der Waals surface area contributed by atoms with E-state index in [2.05, 4.69) is 67.0 Å². The van der Waals surface area contributed by atoms with Crippen LogP contribution in [0.25, 0.3) is 0 Å². The molecule has 1 aromatic rings. The van der Waals surface area contributed by atoms with E-state index in [1.807, 2.05) is 0 Å². The standard InChI is InChI=1S/C17H28N2S/c1-4-17-13-19(9-10-20-17)12-16-7-5-15(6-8-16)11-18-14(2)3/h5-8,14,17-18H,4,9-13H2,1-3H3. The van der Waals surface area contributed by atoms with Gasteiger partial charge in [-0.3, -0.25) is 4.90 Å². The molecule has 3 heteroatoms. The zero-order valence-corrected chi connectivity index (χ0v) is 13.9. The maximum atomic E-state index is 3.46. The van der Waals surface area contributed by atoms with Crippen LogP contribution in [0.4, 0.5) is 0 Å². The summed E-state index contributed by atoms with van der Waals surface area (Å²) in [5, 5.41) is 4.29. The molecular formula is C17H28N2S. The molecule has 1 saturated heterocycles. The second-order valence-electron chi connectivity index (χ2n) is 5.99. The summed E-state index contributed by atoms with van der Waals surface area (Å²) in [6.45, 7) is 11.2. The van der Waals surface area contributed by atoms with Gasteiger partial charge in [0.25, 0.3) is 0 Å². The van der Waals surface area contributed by atoms with Crippen molar-refractivity contribution < 1.29 is 0 Å². The molecule has 1 aromatic carbocycles. The summed E-state index contributed by atoms with van der Waals surface area (Å²) in [5.74, 6) is 1.29. The topological polar surface area (TPSA) is 15.3 Å². The number of thioether (sulfide) groups is 1. The summed E-state index contributed by atoms with van der Waals surface area (Å²) in [6, 6.07) is 9.66. The molecule has 0 saturated carbocycles. The number of hydrogen-bond acceptors (Lipinski definition) is 3. The van der Waals surface area contributed by atoms with E-state index < -0.39 is 0 Å². The molecule has 0 aromatic heterocycles. The van der Waals surface area contributed by atoms with Crippen molar-refractivity contribution in [1.82, 2.24) is 10.2 Å². The van der Waals surface area contributed by atoms with Crippen LogP contribution in [0.15, 0.2) is 24.3 Å². The molecule has 0 spiro atoms. The Morgan fingerprint density at radius 2 is 1.95 bits per heavy atom. The van der Waals surface area contributed by atoms with Crippen LogP contribution in [0.1, 0.15) is 38.3 Å². The van der Waals surface area contributed by atoms with Gasteiger partial charge in [0, 0.05) is 43.2 Å². The molecule has 2 nitrogen and oxygen atoms in total. The second-order valence-corrected chi connectivity index (χ2v) is 7.40. The molecule has 2 rings (SSSR count). The van der Waals surface area contributed by atoms with Gasteiger partial charge in [0.1, 0.15) is 0 Å². The van der Waals surface area contributed by atoms with Crippen molar-refractivity contribution in [2.45, 2.75) is 51.6 Å². The number of hydrogen-bond donors (Lipinski definition) is 1. The first kappa shape index (κ1) is 15.9. The smallest absolute Gasteiger partial charge is 0.0234 e. The third kappa shape index (κ3) is 5.12. The first-order valence-electron chi connectivity index (χ1n) is 7.82. The van der Waals surface area contributed by atoms with Gasteiger partial charge in [-0.05, 0) is 17.5 Å². The Hall–Kier alpha value is -0.510. The number of nitrogens with one attached hydrogen (secondary N) is 1. The van der Waals surface area contributed by atoms with Gasteiger partial charge in [0.2, 0.25) is 0 Å². The lowest BCUT2D eigenvalue weighted by atomic mass is 10.1. The molecule has 1 fully saturated rings. The monoisotopic (exact) mass is 292 g/mol. The summed E-state index contributed by atoms with van der Waals surface area (Å²) >= 11 is 2.14. The van der Waals surface area contributed by atoms with E-state index in [0.29, 0.717) is 6.04 Å².